The maximum Gasteiger partial charge on any atom is 0.116 e. The van der Waals surface area contributed by atoms with Crippen molar-refractivity contribution >= 4 is 11.6 Å². The minimum atomic E-state index is -0.369. The first-order chi connectivity index (χ1) is 3.95. The zero-order valence-corrected chi connectivity index (χ0v) is 7.52. The van der Waals surface area contributed by atoms with E-state index >= 15 is 0 Å². The molecule has 0 aromatic heterocycles. The van der Waals surface area contributed by atoms with Gasteiger partial charge in [0.15, 0.2) is 0 Å². The van der Waals surface area contributed by atoms with Crippen LogP contribution in [0.25, 0.3) is 0 Å². The lowest BCUT2D eigenvalue weighted by Gasteiger charge is -2.25. The molecule has 0 heterocycles. The average molecular weight is 171 g/mol. The summed E-state index contributed by atoms with van der Waals surface area (Å²) >= 11 is 5.40. The summed E-state index contributed by atoms with van der Waals surface area (Å²) in [5.41, 5.74) is 0. The molecule has 0 amide bonds. The van der Waals surface area contributed by atoms with E-state index in [0.717, 1.165) is 4.48 Å². The quantitative estimate of drug-likeness (QED) is 0.449. The monoisotopic (exact) mass is 170 g/mol. The number of hydrogen-bond donors (Lipinski definition) is 1. The summed E-state index contributed by atoms with van der Waals surface area (Å²) in [7, 11) is 6.07. The Labute approximate surface area is 67.1 Å². The van der Waals surface area contributed by atoms with Gasteiger partial charge in [0.2, 0.25) is 0 Å². The van der Waals surface area contributed by atoms with Crippen LogP contribution in [0.3, 0.4) is 0 Å². The fourth-order valence-electron chi connectivity index (χ4n) is 0.681. The second-order valence-corrected chi connectivity index (χ2v) is 3.59. The Morgan fingerprint density at radius 1 is 1.40 bits per heavy atom. The number of rotatable bonds is 3. The van der Waals surface area contributed by atoms with Crippen molar-refractivity contribution in [2.45, 2.75) is 6.10 Å². The third kappa shape index (κ3) is 8.17. The summed E-state index contributed by atoms with van der Waals surface area (Å²) in [6, 6.07) is 0. The van der Waals surface area contributed by atoms with Gasteiger partial charge in [0.05, 0.1) is 27.0 Å². The number of likely N-dealkylation sites (N-methyl/N-ethyl adjacent to an activating group) is 1. The second kappa shape index (κ2) is 4.91. The van der Waals surface area contributed by atoms with Crippen molar-refractivity contribution < 1.29 is 15.1 Å². The number of aliphatic hydroxyl groups excluding tert-OH is 1. The van der Waals surface area contributed by atoms with Crippen LogP contribution < -0.4 is 0 Å². The molecule has 0 aromatic rings. The average Bonchev–Trinajstić information content (AvgIpc) is 1.62. The normalized spacial score (nSPS) is 14.1. The molecule has 1 atom stereocenters. The van der Waals surface area contributed by atoms with Gasteiger partial charge in [-0.15, -0.1) is 11.6 Å². The molecule has 0 saturated heterocycles. The number of nitrogens with zero attached hydrogens (tertiary/aromatic N) is 1. The molecule has 0 fully saturated rings. The molecular weight excluding hydrogens is 154 g/mol. The van der Waals surface area contributed by atoms with Crippen LogP contribution in [0.2, 0.25) is 0 Å². The van der Waals surface area contributed by atoms with Crippen LogP contribution in [0.5, 0.6) is 0 Å². The summed E-state index contributed by atoms with van der Waals surface area (Å²) in [5, 5.41) is 9.05. The van der Waals surface area contributed by atoms with Crippen LogP contribution in [0.4, 0.5) is 0 Å². The van der Waals surface area contributed by atoms with Gasteiger partial charge in [-0.25, -0.2) is 0 Å². The van der Waals surface area contributed by atoms with Gasteiger partial charge in [0.25, 0.3) is 0 Å². The summed E-state index contributed by atoms with van der Waals surface area (Å²) in [4.78, 5) is 0. The summed E-state index contributed by atoms with van der Waals surface area (Å²) in [5.74, 6) is 0.329. The van der Waals surface area contributed by atoms with Gasteiger partial charge in [0.1, 0.15) is 12.6 Å². The molecule has 0 aliphatic carbocycles. The lowest BCUT2D eigenvalue weighted by atomic mass is 10.3. The van der Waals surface area contributed by atoms with Crippen LogP contribution in [0, 0.1) is 0 Å². The fourth-order valence-corrected chi connectivity index (χ4v) is 0.779. The van der Waals surface area contributed by atoms with Crippen molar-refractivity contribution in [2.24, 2.45) is 0 Å². The predicted molar refractivity (Wildman–Crippen MR) is 43.2 cm³/mol. The Bertz CT molecular complexity index is 82.3. The van der Waals surface area contributed by atoms with E-state index in [2.05, 4.69) is 0 Å². The van der Waals surface area contributed by atoms with E-state index in [9.17, 15) is 0 Å². The molecule has 64 valence electrons. The van der Waals surface area contributed by atoms with Gasteiger partial charge in [0, 0.05) is 0 Å². The van der Waals surface area contributed by atoms with Crippen molar-refractivity contribution in [1.29, 1.82) is 0 Å². The Morgan fingerprint density at radius 3 is 1.90 bits per heavy atom. The van der Waals surface area contributed by atoms with Crippen LogP contribution in [-0.2, 0) is 0 Å². The molecule has 3 N–H and O–H groups in total. The first-order valence-corrected chi connectivity index (χ1v) is 3.53. The van der Waals surface area contributed by atoms with Crippen LogP contribution in [0.15, 0.2) is 0 Å². The van der Waals surface area contributed by atoms with Crippen molar-refractivity contribution in [1.82, 2.24) is 0 Å². The fraction of sp³-hybridized carbons (Fsp3) is 1.00. The molecule has 0 aromatic carbocycles. The minimum Gasteiger partial charge on any atom is -0.412 e. The van der Waals surface area contributed by atoms with Gasteiger partial charge in [-0.1, -0.05) is 0 Å². The first kappa shape index (κ1) is 12.8. The molecule has 1 unspecified atom stereocenters. The topological polar surface area (TPSA) is 51.7 Å². The predicted octanol–water partition coefficient (Wildman–Crippen LogP) is -0.532. The standard InChI is InChI=1S/C6H15ClNO.H2O/c1-8(2,3)5-6(9)4-7;/h6,9H,4-5H2,1-3H3;1H2/q+1;. The number of halogens is 1. The Hall–Kier alpha value is 0.170. The minimum absolute atomic E-state index is 0. The van der Waals surface area contributed by atoms with Crippen LogP contribution in [0.1, 0.15) is 0 Å². The third-order valence-corrected chi connectivity index (χ3v) is 1.29. The van der Waals surface area contributed by atoms with Gasteiger partial charge in [-0.3, -0.25) is 0 Å². The Balaban J connectivity index is 0. The van der Waals surface area contributed by atoms with E-state index in [0.29, 0.717) is 12.4 Å². The van der Waals surface area contributed by atoms with E-state index in [-0.39, 0.29) is 11.6 Å². The van der Waals surface area contributed by atoms with Gasteiger partial charge in [-0.05, 0) is 0 Å². The molecular formula is C6H17ClNO2+. The molecule has 0 bridgehead atoms. The van der Waals surface area contributed by atoms with Crippen molar-refractivity contribution in [3.63, 3.8) is 0 Å². The zero-order valence-electron chi connectivity index (χ0n) is 6.76. The highest BCUT2D eigenvalue weighted by molar-refractivity contribution is 6.18. The van der Waals surface area contributed by atoms with E-state index < -0.39 is 0 Å². The maximum atomic E-state index is 9.05. The second-order valence-electron chi connectivity index (χ2n) is 3.28. The molecule has 0 saturated carbocycles. The van der Waals surface area contributed by atoms with Crippen molar-refractivity contribution in [3.8, 4) is 0 Å². The van der Waals surface area contributed by atoms with Gasteiger partial charge < -0.3 is 15.1 Å². The zero-order chi connectivity index (χ0) is 7.49. The highest BCUT2D eigenvalue weighted by Crippen LogP contribution is 1.95. The Kier molecular flexibility index (Phi) is 6.29. The number of alkyl halides is 1. The molecule has 0 aliphatic rings. The SMILES string of the molecule is C[N+](C)(C)CC(O)CCl.O. The summed E-state index contributed by atoms with van der Waals surface area (Å²) < 4.78 is 0.758. The molecule has 0 radical (unpaired) electrons. The number of hydrogen-bond acceptors (Lipinski definition) is 1. The van der Waals surface area contributed by atoms with E-state index in [1.165, 1.54) is 0 Å². The van der Waals surface area contributed by atoms with E-state index in [4.69, 9.17) is 16.7 Å². The van der Waals surface area contributed by atoms with Crippen LogP contribution in [-0.4, -0.2) is 54.7 Å². The highest BCUT2D eigenvalue weighted by atomic mass is 35.5. The third-order valence-electron chi connectivity index (χ3n) is 0.937. The molecule has 3 nitrogen and oxygen atoms in total. The van der Waals surface area contributed by atoms with Gasteiger partial charge in [-0.2, -0.15) is 0 Å². The lowest BCUT2D eigenvalue weighted by molar-refractivity contribution is -0.873. The molecule has 0 aliphatic heterocycles. The number of quaternary nitrogens is 1. The van der Waals surface area contributed by atoms with Crippen LogP contribution >= 0.6 is 11.6 Å². The molecule has 4 heteroatoms. The lowest BCUT2D eigenvalue weighted by Crippen LogP contribution is -2.41. The Morgan fingerprint density at radius 2 is 1.80 bits per heavy atom. The summed E-state index contributed by atoms with van der Waals surface area (Å²) in [6.45, 7) is 0.712. The van der Waals surface area contributed by atoms with Gasteiger partial charge >= 0.3 is 0 Å². The van der Waals surface area contributed by atoms with E-state index in [1.807, 2.05) is 21.1 Å². The van der Waals surface area contributed by atoms with Crippen molar-refractivity contribution in [2.75, 3.05) is 33.6 Å². The van der Waals surface area contributed by atoms with Crippen molar-refractivity contribution in [3.05, 3.63) is 0 Å². The first-order valence-electron chi connectivity index (χ1n) is 3.00. The molecule has 0 spiro atoms. The number of aliphatic hydroxyl groups is 1. The highest BCUT2D eigenvalue weighted by Gasteiger charge is 2.13. The van der Waals surface area contributed by atoms with E-state index in [1.54, 1.807) is 0 Å². The largest absolute Gasteiger partial charge is 0.412 e. The molecule has 10 heavy (non-hydrogen) atoms. The maximum absolute atomic E-state index is 9.05. The smallest absolute Gasteiger partial charge is 0.116 e. The molecule has 0 rings (SSSR count). The summed E-state index contributed by atoms with van der Waals surface area (Å²) in [6.07, 6.45) is -0.369.